The van der Waals surface area contributed by atoms with Crippen LogP contribution in [0.25, 0.3) is 46.1 Å². The standard InChI is InChI=1S/C26H27N5/c1-3-18(19-7-11-27-12-8-19)15-22-17(2)30-31-26(22)25-16-23-21(5-4-6-24(23)29-25)20-9-13-28-14-10-20/h3-6,9-10,13-16,19,27,29-30H,2,7-8,11-12H2,1H3/b18-3+,22-15+. The van der Waals surface area contributed by atoms with Gasteiger partial charge in [-0.2, -0.15) is 5.10 Å². The Balaban J connectivity index is 1.62. The first-order valence-corrected chi connectivity index (χ1v) is 10.9. The van der Waals surface area contributed by atoms with E-state index >= 15 is 0 Å². The second-order valence-corrected chi connectivity index (χ2v) is 8.11. The molecular weight excluding hydrogens is 382 g/mol. The fourth-order valence-corrected chi connectivity index (χ4v) is 4.57. The summed E-state index contributed by atoms with van der Waals surface area (Å²) in [5.41, 5.74) is 6.70. The minimum atomic E-state index is 0.578. The average Bonchev–Trinajstić information content (AvgIpc) is 3.41. The van der Waals surface area contributed by atoms with Crippen molar-refractivity contribution in [2.75, 3.05) is 13.1 Å². The zero-order valence-electron chi connectivity index (χ0n) is 17.8. The molecule has 5 nitrogen and oxygen atoms in total. The van der Waals surface area contributed by atoms with E-state index < -0.39 is 0 Å². The van der Waals surface area contributed by atoms with Crippen LogP contribution >= 0.6 is 0 Å². The quantitative estimate of drug-likeness (QED) is 0.481. The van der Waals surface area contributed by atoms with E-state index in [-0.39, 0.29) is 0 Å². The molecule has 5 rings (SSSR count). The number of benzene rings is 1. The molecule has 1 aliphatic rings. The zero-order valence-corrected chi connectivity index (χ0v) is 17.8. The number of nitrogens with zero attached hydrogens (tertiary/aromatic N) is 2. The van der Waals surface area contributed by atoms with Crippen LogP contribution in [-0.2, 0) is 0 Å². The van der Waals surface area contributed by atoms with E-state index in [2.05, 4.69) is 75.4 Å². The van der Waals surface area contributed by atoms with Gasteiger partial charge in [0.1, 0.15) is 5.69 Å². The Morgan fingerprint density at radius 1 is 1.13 bits per heavy atom. The predicted molar refractivity (Wildman–Crippen MR) is 128 cm³/mol. The predicted octanol–water partition coefficient (Wildman–Crippen LogP) is 3.76. The minimum Gasteiger partial charge on any atom is -0.353 e. The molecule has 3 N–H and O–H groups in total. The van der Waals surface area contributed by atoms with Crippen molar-refractivity contribution in [3.63, 3.8) is 0 Å². The lowest BCUT2D eigenvalue weighted by atomic mass is 9.89. The van der Waals surface area contributed by atoms with Gasteiger partial charge in [0, 0.05) is 28.5 Å². The van der Waals surface area contributed by atoms with Crippen LogP contribution in [0.4, 0.5) is 0 Å². The van der Waals surface area contributed by atoms with Crippen molar-refractivity contribution < 1.29 is 0 Å². The molecule has 0 bridgehead atoms. The van der Waals surface area contributed by atoms with Crippen molar-refractivity contribution >= 4 is 23.6 Å². The fraction of sp³-hybridized carbons (Fsp3) is 0.231. The Bertz CT molecular complexity index is 1340. The molecule has 0 radical (unpaired) electrons. The smallest absolute Gasteiger partial charge is 0.116 e. The number of nitrogens with one attached hydrogen (secondary N) is 3. The fourth-order valence-electron chi connectivity index (χ4n) is 4.57. The maximum Gasteiger partial charge on any atom is 0.116 e. The first kappa shape index (κ1) is 19.5. The van der Waals surface area contributed by atoms with Gasteiger partial charge in [-0.15, -0.1) is 0 Å². The first-order chi connectivity index (χ1) is 15.2. The lowest BCUT2D eigenvalue weighted by Crippen LogP contribution is -2.29. The summed E-state index contributed by atoms with van der Waals surface area (Å²) in [7, 11) is 0. The van der Waals surface area contributed by atoms with Gasteiger partial charge in [-0.25, -0.2) is 0 Å². The summed E-state index contributed by atoms with van der Waals surface area (Å²) >= 11 is 0. The number of H-pyrrole nitrogens is 2. The topological polar surface area (TPSA) is 69.4 Å². The molecule has 0 aliphatic carbocycles. The zero-order chi connectivity index (χ0) is 21.2. The number of aromatic nitrogens is 4. The summed E-state index contributed by atoms with van der Waals surface area (Å²) in [6, 6.07) is 12.6. The lowest BCUT2D eigenvalue weighted by Gasteiger charge is -2.23. The van der Waals surface area contributed by atoms with E-state index in [1.54, 1.807) is 0 Å². The van der Waals surface area contributed by atoms with Gasteiger partial charge in [0.15, 0.2) is 0 Å². The highest BCUT2D eigenvalue weighted by atomic mass is 15.1. The third-order valence-electron chi connectivity index (χ3n) is 6.25. The van der Waals surface area contributed by atoms with Crippen LogP contribution < -0.4 is 15.9 Å². The molecule has 4 heterocycles. The number of allylic oxidation sites excluding steroid dienone is 2. The number of fused-ring (bicyclic) bond motifs is 1. The SMILES string of the molecule is C=c1[nH]nc(-c2cc3c(-c4ccncc4)cccc3[nH]2)/c1=C/C(=C\C)C1CCNCC1. The Morgan fingerprint density at radius 3 is 2.71 bits per heavy atom. The summed E-state index contributed by atoms with van der Waals surface area (Å²) < 4.78 is 0. The number of aromatic amines is 2. The molecule has 0 spiro atoms. The molecule has 1 saturated heterocycles. The third kappa shape index (κ3) is 3.73. The van der Waals surface area contributed by atoms with Gasteiger partial charge in [-0.1, -0.05) is 24.8 Å². The van der Waals surface area contributed by atoms with E-state index in [9.17, 15) is 0 Å². The van der Waals surface area contributed by atoms with Crippen molar-refractivity contribution in [2.24, 2.45) is 5.92 Å². The lowest BCUT2D eigenvalue weighted by molar-refractivity contribution is 0.427. The van der Waals surface area contributed by atoms with E-state index in [0.29, 0.717) is 5.92 Å². The molecule has 0 atom stereocenters. The Labute approximate surface area is 181 Å². The summed E-state index contributed by atoms with van der Waals surface area (Å²) in [5.74, 6) is 0.578. The van der Waals surface area contributed by atoms with Crippen LogP contribution in [0.3, 0.4) is 0 Å². The van der Waals surface area contributed by atoms with Crippen LogP contribution in [0.15, 0.2) is 60.4 Å². The van der Waals surface area contributed by atoms with Crippen molar-refractivity contribution in [3.05, 3.63) is 71.0 Å². The minimum absolute atomic E-state index is 0.578. The molecule has 1 aliphatic heterocycles. The van der Waals surface area contributed by atoms with Crippen molar-refractivity contribution in [1.29, 1.82) is 0 Å². The second-order valence-electron chi connectivity index (χ2n) is 8.11. The van der Waals surface area contributed by atoms with Crippen molar-refractivity contribution in [2.45, 2.75) is 19.8 Å². The van der Waals surface area contributed by atoms with Gasteiger partial charge in [0.05, 0.1) is 11.0 Å². The first-order valence-electron chi connectivity index (χ1n) is 10.9. The van der Waals surface area contributed by atoms with E-state index in [1.165, 1.54) is 16.5 Å². The molecule has 156 valence electrons. The number of rotatable bonds is 4. The Morgan fingerprint density at radius 2 is 1.94 bits per heavy atom. The van der Waals surface area contributed by atoms with Crippen LogP contribution in [-0.4, -0.2) is 33.3 Å². The number of pyridine rings is 1. The maximum atomic E-state index is 4.62. The number of piperidine rings is 1. The highest BCUT2D eigenvalue weighted by Gasteiger charge is 2.17. The molecule has 0 amide bonds. The van der Waals surface area contributed by atoms with Gasteiger partial charge < -0.3 is 10.3 Å². The Hall–Kier alpha value is -3.44. The molecule has 0 saturated carbocycles. The number of hydrogen-bond donors (Lipinski definition) is 3. The molecular formula is C26H27N5. The van der Waals surface area contributed by atoms with Gasteiger partial charge >= 0.3 is 0 Å². The summed E-state index contributed by atoms with van der Waals surface area (Å²) in [4.78, 5) is 7.72. The normalized spacial score (nSPS) is 16.3. The molecule has 5 heteroatoms. The number of hydrogen-bond acceptors (Lipinski definition) is 3. The monoisotopic (exact) mass is 409 g/mol. The van der Waals surface area contributed by atoms with Gasteiger partial charge in [-0.05, 0) is 85.8 Å². The molecule has 1 fully saturated rings. The highest BCUT2D eigenvalue weighted by molar-refractivity contribution is 5.97. The molecule has 4 aromatic rings. The van der Waals surface area contributed by atoms with Crippen LogP contribution in [0, 0.1) is 5.92 Å². The van der Waals surface area contributed by atoms with E-state index in [4.69, 9.17) is 0 Å². The highest BCUT2D eigenvalue weighted by Crippen LogP contribution is 2.31. The van der Waals surface area contributed by atoms with Crippen molar-refractivity contribution in [3.8, 4) is 22.5 Å². The Kier molecular flexibility index (Phi) is 5.26. The van der Waals surface area contributed by atoms with Crippen LogP contribution in [0.1, 0.15) is 19.8 Å². The largest absolute Gasteiger partial charge is 0.353 e. The average molecular weight is 410 g/mol. The van der Waals surface area contributed by atoms with E-state index in [0.717, 1.165) is 59.0 Å². The van der Waals surface area contributed by atoms with Crippen LogP contribution in [0.2, 0.25) is 0 Å². The third-order valence-corrected chi connectivity index (χ3v) is 6.25. The van der Waals surface area contributed by atoms with Gasteiger partial charge in [-0.3, -0.25) is 10.1 Å². The van der Waals surface area contributed by atoms with E-state index in [1.807, 2.05) is 24.5 Å². The maximum absolute atomic E-state index is 4.62. The molecule has 1 aromatic carbocycles. The summed E-state index contributed by atoms with van der Waals surface area (Å²) in [5, 5.41) is 14.2. The summed E-state index contributed by atoms with van der Waals surface area (Å²) in [6.45, 7) is 8.48. The molecule has 3 aromatic heterocycles. The molecule has 0 unspecified atom stereocenters. The van der Waals surface area contributed by atoms with Crippen molar-refractivity contribution in [1.82, 2.24) is 25.5 Å². The van der Waals surface area contributed by atoms with Gasteiger partial charge in [0.25, 0.3) is 0 Å². The second kappa shape index (κ2) is 8.36. The summed E-state index contributed by atoms with van der Waals surface area (Å²) in [6.07, 6.45) is 10.5. The van der Waals surface area contributed by atoms with Gasteiger partial charge in [0.2, 0.25) is 0 Å². The molecule has 31 heavy (non-hydrogen) atoms. The van der Waals surface area contributed by atoms with Crippen LogP contribution in [0.5, 0.6) is 0 Å².